The van der Waals surface area contributed by atoms with E-state index < -0.39 is 11.7 Å². The molecule has 1 N–H and O–H groups in total. The molecular weight excluding hydrogens is 337 g/mol. The standard InChI is InChI=1S/C19H24FN3O3/c1-11-22-15-9-13-7-12(10-24)8-14(13)16(20)17(15)23(11)6-5-21-18(25)26-19(2,3)4/h9-10,12H,5-8H2,1-4H3,(H,21,25). The number of carbonyl (C=O) groups excluding carboxylic acids is 2. The SMILES string of the molecule is Cc1nc2cc3c(c(F)c2n1CCNC(=O)OC(C)(C)C)CC(C=O)C3. The van der Waals surface area contributed by atoms with E-state index in [0.29, 0.717) is 48.4 Å². The molecule has 0 fully saturated rings. The molecule has 1 aromatic heterocycles. The Bertz CT molecular complexity index is 867. The average Bonchev–Trinajstić information content (AvgIpc) is 3.07. The van der Waals surface area contributed by atoms with Crippen molar-refractivity contribution in [2.24, 2.45) is 5.92 Å². The van der Waals surface area contributed by atoms with E-state index in [0.717, 1.165) is 11.8 Å². The third-order valence-electron chi connectivity index (χ3n) is 4.50. The van der Waals surface area contributed by atoms with Gasteiger partial charge in [0.25, 0.3) is 0 Å². The molecule has 7 heteroatoms. The fourth-order valence-electron chi connectivity index (χ4n) is 3.43. The van der Waals surface area contributed by atoms with Gasteiger partial charge in [-0.1, -0.05) is 0 Å². The Morgan fingerprint density at radius 3 is 2.85 bits per heavy atom. The van der Waals surface area contributed by atoms with E-state index in [2.05, 4.69) is 10.3 Å². The third-order valence-corrected chi connectivity index (χ3v) is 4.50. The van der Waals surface area contributed by atoms with Crippen LogP contribution in [0.1, 0.15) is 37.7 Å². The van der Waals surface area contributed by atoms with E-state index in [1.54, 1.807) is 25.3 Å². The average molecular weight is 361 g/mol. The Balaban J connectivity index is 1.80. The maximum atomic E-state index is 15.1. The van der Waals surface area contributed by atoms with Crippen LogP contribution < -0.4 is 5.32 Å². The highest BCUT2D eigenvalue weighted by Crippen LogP contribution is 2.33. The lowest BCUT2D eigenvalue weighted by Crippen LogP contribution is -2.34. The summed E-state index contributed by atoms with van der Waals surface area (Å²) < 4.78 is 22.0. The fourth-order valence-corrected chi connectivity index (χ4v) is 3.43. The molecule has 1 unspecified atom stereocenters. The number of hydrogen-bond acceptors (Lipinski definition) is 4. The van der Waals surface area contributed by atoms with E-state index in [1.807, 2.05) is 13.0 Å². The first kappa shape index (κ1) is 18.4. The zero-order valence-corrected chi connectivity index (χ0v) is 15.6. The van der Waals surface area contributed by atoms with Gasteiger partial charge in [0.2, 0.25) is 0 Å². The number of nitrogens with one attached hydrogen (secondary N) is 1. The Morgan fingerprint density at radius 2 is 2.19 bits per heavy atom. The summed E-state index contributed by atoms with van der Waals surface area (Å²) in [5, 5.41) is 2.68. The Kier molecular flexibility index (Phi) is 4.73. The molecule has 2 aromatic rings. The molecule has 26 heavy (non-hydrogen) atoms. The normalized spacial score (nSPS) is 16.6. The van der Waals surface area contributed by atoms with Gasteiger partial charge in [-0.2, -0.15) is 0 Å². The quantitative estimate of drug-likeness (QED) is 0.850. The highest BCUT2D eigenvalue weighted by Gasteiger charge is 2.27. The van der Waals surface area contributed by atoms with Crippen molar-refractivity contribution in [1.29, 1.82) is 0 Å². The van der Waals surface area contributed by atoms with Crippen LogP contribution in [-0.2, 0) is 28.9 Å². The predicted octanol–water partition coefficient (Wildman–Crippen LogP) is 2.92. The number of aryl methyl sites for hydroxylation is 1. The highest BCUT2D eigenvalue weighted by molar-refractivity contribution is 5.80. The molecule has 1 heterocycles. The predicted molar refractivity (Wildman–Crippen MR) is 95.6 cm³/mol. The van der Waals surface area contributed by atoms with Crippen molar-refractivity contribution in [2.45, 2.75) is 52.7 Å². The number of alkyl carbamates (subject to hydrolysis) is 1. The maximum Gasteiger partial charge on any atom is 0.407 e. The summed E-state index contributed by atoms with van der Waals surface area (Å²) in [4.78, 5) is 27.3. The Hall–Kier alpha value is -2.44. The van der Waals surface area contributed by atoms with Gasteiger partial charge in [0.05, 0.1) is 5.52 Å². The van der Waals surface area contributed by atoms with Gasteiger partial charge in [0, 0.05) is 19.0 Å². The van der Waals surface area contributed by atoms with Crippen LogP contribution in [0.3, 0.4) is 0 Å². The molecule has 0 saturated carbocycles. The summed E-state index contributed by atoms with van der Waals surface area (Å²) in [5.41, 5.74) is 1.92. The molecule has 6 nitrogen and oxygen atoms in total. The number of amides is 1. The number of imidazole rings is 1. The molecule has 0 aliphatic heterocycles. The van der Waals surface area contributed by atoms with E-state index >= 15 is 4.39 Å². The largest absolute Gasteiger partial charge is 0.444 e. The molecule has 3 rings (SSSR count). The van der Waals surface area contributed by atoms with Crippen LogP contribution in [0, 0.1) is 18.7 Å². The number of hydrogen-bond donors (Lipinski definition) is 1. The van der Waals surface area contributed by atoms with Gasteiger partial charge in [-0.05, 0) is 57.7 Å². The number of rotatable bonds is 4. The molecule has 140 valence electrons. The van der Waals surface area contributed by atoms with E-state index in [1.165, 1.54) is 0 Å². The number of halogens is 1. The second-order valence-corrected chi connectivity index (χ2v) is 7.74. The first-order valence-electron chi connectivity index (χ1n) is 8.79. The number of aromatic nitrogens is 2. The summed E-state index contributed by atoms with van der Waals surface area (Å²) in [6.07, 6.45) is 1.38. The minimum Gasteiger partial charge on any atom is -0.444 e. The lowest BCUT2D eigenvalue weighted by atomic mass is 10.1. The first-order valence-corrected chi connectivity index (χ1v) is 8.79. The van der Waals surface area contributed by atoms with Crippen LogP contribution >= 0.6 is 0 Å². The molecule has 1 aliphatic rings. The molecule has 1 amide bonds. The number of nitrogens with zero attached hydrogens (tertiary/aromatic N) is 2. The maximum absolute atomic E-state index is 15.1. The summed E-state index contributed by atoms with van der Waals surface area (Å²) in [6.45, 7) is 7.88. The van der Waals surface area contributed by atoms with E-state index in [4.69, 9.17) is 4.74 Å². The molecule has 0 radical (unpaired) electrons. The Morgan fingerprint density at radius 1 is 1.46 bits per heavy atom. The number of carbonyl (C=O) groups is 2. The lowest BCUT2D eigenvalue weighted by Gasteiger charge is -2.19. The van der Waals surface area contributed by atoms with Crippen molar-refractivity contribution < 1.29 is 18.7 Å². The summed E-state index contributed by atoms with van der Waals surface area (Å²) in [5.74, 6) is 0.217. The smallest absolute Gasteiger partial charge is 0.407 e. The van der Waals surface area contributed by atoms with Crippen LogP contribution in [0.5, 0.6) is 0 Å². The van der Waals surface area contributed by atoms with Gasteiger partial charge in [-0.25, -0.2) is 14.2 Å². The zero-order chi connectivity index (χ0) is 19.1. The molecule has 0 spiro atoms. The topological polar surface area (TPSA) is 73.2 Å². The van der Waals surface area contributed by atoms with Crippen LogP contribution in [0.15, 0.2) is 6.07 Å². The second kappa shape index (κ2) is 6.70. The Labute approximate surface area is 151 Å². The van der Waals surface area contributed by atoms with Crippen LogP contribution in [0.2, 0.25) is 0 Å². The number of ether oxygens (including phenoxy) is 1. The molecule has 1 atom stereocenters. The number of benzene rings is 1. The van der Waals surface area contributed by atoms with Crippen molar-refractivity contribution in [1.82, 2.24) is 14.9 Å². The van der Waals surface area contributed by atoms with Gasteiger partial charge < -0.3 is 19.4 Å². The minimum atomic E-state index is -0.566. The highest BCUT2D eigenvalue weighted by atomic mass is 19.1. The van der Waals surface area contributed by atoms with Gasteiger partial charge in [0.15, 0.2) is 5.82 Å². The van der Waals surface area contributed by atoms with Gasteiger partial charge in [-0.15, -0.1) is 0 Å². The molecular formula is C19H24FN3O3. The van der Waals surface area contributed by atoms with Crippen molar-refractivity contribution in [3.05, 3.63) is 28.8 Å². The van der Waals surface area contributed by atoms with Crippen LogP contribution in [-0.4, -0.2) is 34.1 Å². The summed E-state index contributed by atoms with van der Waals surface area (Å²) in [6, 6.07) is 1.88. The molecule has 0 saturated heterocycles. The number of aldehydes is 1. The van der Waals surface area contributed by atoms with Crippen LogP contribution in [0.4, 0.5) is 9.18 Å². The molecule has 0 bridgehead atoms. The van der Waals surface area contributed by atoms with Gasteiger partial charge in [0.1, 0.15) is 23.2 Å². The van der Waals surface area contributed by atoms with Crippen molar-refractivity contribution in [3.8, 4) is 0 Å². The van der Waals surface area contributed by atoms with E-state index in [9.17, 15) is 9.59 Å². The monoisotopic (exact) mass is 361 g/mol. The third kappa shape index (κ3) is 3.57. The fraction of sp³-hybridized carbons (Fsp3) is 0.526. The van der Waals surface area contributed by atoms with Crippen molar-refractivity contribution >= 4 is 23.4 Å². The van der Waals surface area contributed by atoms with E-state index in [-0.39, 0.29) is 11.7 Å². The van der Waals surface area contributed by atoms with Crippen molar-refractivity contribution in [3.63, 3.8) is 0 Å². The van der Waals surface area contributed by atoms with Crippen molar-refractivity contribution in [2.75, 3.05) is 6.54 Å². The first-order chi connectivity index (χ1) is 12.2. The van der Waals surface area contributed by atoms with Gasteiger partial charge in [-0.3, -0.25) is 0 Å². The lowest BCUT2D eigenvalue weighted by molar-refractivity contribution is -0.110. The van der Waals surface area contributed by atoms with Gasteiger partial charge >= 0.3 is 6.09 Å². The summed E-state index contributed by atoms with van der Waals surface area (Å²) >= 11 is 0. The number of fused-ring (bicyclic) bond motifs is 2. The molecule has 1 aromatic carbocycles. The second-order valence-electron chi connectivity index (χ2n) is 7.74. The zero-order valence-electron chi connectivity index (χ0n) is 15.6. The minimum absolute atomic E-state index is 0.158. The van der Waals surface area contributed by atoms with Crippen LogP contribution in [0.25, 0.3) is 11.0 Å². The molecule has 1 aliphatic carbocycles. The summed E-state index contributed by atoms with van der Waals surface area (Å²) in [7, 11) is 0.